The van der Waals surface area contributed by atoms with Crippen LogP contribution in [0.4, 0.5) is 0 Å². The van der Waals surface area contributed by atoms with Crippen molar-refractivity contribution in [1.82, 2.24) is 9.78 Å². The van der Waals surface area contributed by atoms with Crippen LogP contribution in [0.25, 0.3) is 11.3 Å². The second kappa shape index (κ2) is 9.72. The Bertz CT molecular complexity index is 714. The highest BCUT2D eigenvalue weighted by Gasteiger charge is 2.05. The first-order valence-electron chi connectivity index (χ1n) is 7.57. The van der Waals surface area contributed by atoms with Crippen molar-refractivity contribution in [3.8, 4) is 17.0 Å². The van der Waals surface area contributed by atoms with Gasteiger partial charge in [-0.25, -0.2) is 4.68 Å². The van der Waals surface area contributed by atoms with E-state index in [9.17, 15) is 4.79 Å². The van der Waals surface area contributed by atoms with Crippen LogP contribution in [0.3, 0.4) is 0 Å². The summed E-state index contributed by atoms with van der Waals surface area (Å²) in [4.78, 5) is 11.4. The van der Waals surface area contributed by atoms with Crippen LogP contribution in [0.15, 0.2) is 36.4 Å². The maximum Gasteiger partial charge on any atom is 0.305 e. The summed E-state index contributed by atoms with van der Waals surface area (Å²) in [5, 5.41) is 12.4. The largest absolute Gasteiger partial charge is 0.497 e. The summed E-state index contributed by atoms with van der Waals surface area (Å²) in [6.45, 7) is 2.68. The number of esters is 1. The first-order chi connectivity index (χ1) is 11.1. The molecule has 6 nitrogen and oxygen atoms in total. The summed E-state index contributed by atoms with van der Waals surface area (Å²) in [6.07, 6.45) is 0.920. The second-order valence-electron chi connectivity index (χ2n) is 4.96. The maximum atomic E-state index is 11.4. The molecule has 0 aliphatic heterocycles. The average molecular weight is 352 g/mol. The Labute approximate surface area is 147 Å². The van der Waals surface area contributed by atoms with Crippen molar-refractivity contribution in [3.05, 3.63) is 41.9 Å². The average Bonchev–Trinajstić information content (AvgIpc) is 2.57. The van der Waals surface area contributed by atoms with Crippen LogP contribution in [0.2, 0.25) is 0 Å². The van der Waals surface area contributed by atoms with E-state index in [2.05, 4.69) is 5.10 Å². The van der Waals surface area contributed by atoms with Gasteiger partial charge in [-0.3, -0.25) is 10.2 Å². The van der Waals surface area contributed by atoms with E-state index in [-0.39, 0.29) is 18.4 Å². The predicted octanol–water partition coefficient (Wildman–Crippen LogP) is 2.80. The van der Waals surface area contributed by atoms with Gasteiger partial charge in [0.05, 0.1) is 19.4 Å². The SMILES string of the molecule is CCOC(=O)CCCn1nc(-c2ccc(OC)cc2)ccc1=N.Cl. The van der Waals surface area contributed by atoms with Gasteiger partial charge in [0.2, 0.25) is 0 Å². The standard InChI is InChI=1S/C17H21N3O3.ClH/c1-3-23-17(21)5-4-12-20-16(18)11-10-15(19-20)13-6-8-14(22-2)9-7-13;/h6-11,18H,3-5,12H2,1-2H3;1H. The number of rotatable bonds is 7. The van der Waals surface area contributed by atoms with Gasteiger partial charge in [0, 0.05) is 18.5 Å². The van der Waals surface area contributed by atoms with E-state index in [1.165, 1.54) is 0 Å². The molecular weight excluding hydrogens is 330 g/mol. The Morgan fingerprint density at radius 2 is 1.92 bits per heavy atom. The van der Waals surface area contributed by atoms with Gasteiger partial charge in [-0.2, -0.15) is 5.10 Å². The van der Waals surface area contributed by atoms with E-state index in [0.29, 0.717) is 31.5 Å². The van der Waals surface area contributed by atoms with Gasteiger partial charge in [0.25, 0.3) is 0 Å². The van der Waals surface area contributed by atoms with E-state index < -0.39 is 0 Å². The quantitative estimate of drug-likeness (QED) is 0.778. The highest BCUT2D eigenvalue weighted by Crippen LogP contribution is 2.19. The molecule has 0 aliphatic carbocycles. The van der Waals surface area contributed by atoms with Crippen LogP contribution < -0.4 is 10.2 Å². The predicted molar refractivity (Wildman–Crippen MR) is 93.2 cm³/mol. The van der Waals surface area contributed by atoms with Gasteiger partial charge < -0.3 is 9.47 Å². The molecule has 24 heavy (non-hydrogen) atoms. The Morgan fingerprint density at radius 1 is 1.21 bits per heavy atom. The molecule has 0 spiro atoms. The highest BCUT2D eigenvalue weighted by molar-refractivity contribution is 5.85. The number of benzene rings is 1. The molecule has 0 saturated carbocycles. The summed E-state index contributed by atoms with van der Waals surface area (Å²) >= 11 is 0. The third-order valence-corrected chi connectivity index (χ3v) is 3.35. The first kappa shape index (κ1) is 19.7. The molecule has 1 aromatic carbocycles. The Balaban J connectivity index is 0.00000288. The Kier molecular flexibility index (Phi) is 7.98. The lowest BCUT2D eigenvalue weighted by Gasteiger charge is -2.09. The van der Waals surface area contributed by atoms with Crippen molar-refractivity contribution in [2.24, 2.45) is 0 Å². The monoisotopic (exact) mass is 351 g/mol. The van der Waals surface area contributed by atoms with Gasteiger partial charge in [-0.1, -0.05) is 0 Å². The fourth-order valence-electron chi connectivity index (χ4n) is 2.15. The van der Waals surface area contributed by atoms with E-state index >= 15 is 0 Å². The zero-order valence-electron chi connectivity index (χ0n) is 13.8. The smallest absolute Gasteiger partial charge is 0.305 e. The molecule has 0 amide bonds. The number of aryl methyl sites for hydroxylation is 1. The number of hydrogen-bond donors (Lipinski definition) is 1. The summed E-state index contributed by atoms with van der Waals surface area (Å²) in [6, 6.07) is 11.1. The summed E-state index contributed by atoms with van der Waals surface area (Å²) < 4.78 is 11.6. The van der Waals surface area contributed by atoms with Crippen molar-refractivity contribution >= 4 is 18.4 Å². The van der Waals surface area contributed by atoms with E-state index in [1.54, 1.807) is 24.8 Å². The molecule has 0 saturated heterocycles. The van der Waals surface area contributed by atoms with Crippen LogP contribution in [-0.2, 0) is 16.1 Å². The number of nitrogens with one attached hydrogen (secondary N) is 1. The molecule has 0 bridgehead atoms. The number of nitrogens with zero attached hydrogens (tertiary/aromatic N) is 2. The number of ether oxygens (including phenoxy) is 2. The number of aromatic nitrogens is 2. The lowest BCUT2D eigenvalue weighted by atomic mass is 10.1. The number of carbonyl (C=O) groups is 1. The van der Waals surface area contributed by atoms with E-state index in [0.717, 1.165) is 17.0 Å². The molecular formula is C17H22ClN3O3. The van der Waals surface area contributed by atoms with Crippen LogP contribution in [0, 0.1) is 5.41 Å². The van der Waals surface area contributed by atoms with Crippen molar-refractivity contribution in [2.75, 3.05) is 13.7 Å². The third-order valence-electron chi connectivity index (χ3n) is 3.35. The summed E-state index contributed by atoms with van der Waals surface area (Å²) in [7, 11) is 1.62. The molecule has 2 aromatic rings. The zero-order valence-corrected chi connectivity index (χ0v) is 14.6. The van der Waals surface area contributed by atoms with Gasteiger partial charge in [-0.05, 0) is 49.7 Å². The molecule has 1 N–H and O–H groups in total. The van der Waals surface area contributed by atoms with Gasteiger partial charge in [0.15, 0.2) is 0 Å². The van der Waals surface area contributed by atoms with E-state index in [1.807, 2.05) is 30.3 Å². The van der Waals surface area contributed by atoms with Gasteiger partial charge in [0.1, 0.15) is 11.2 Å². The van der Waals surface area contributed by atoms with Crippen molar-refractivity contribution < 1.29 is 14.3 Å². The molecule has 2 rings (SSSR count). The first-order valence-corrected chi connectivity index (χ1v) is 7.57. The number of methoxy groups -OCH3 is 1. The summed E-state index contributed by atoms with van der Waals surface area (Å²) in [5.41, 5.74) is 2.04. The molecule has 0 radical (unpaired) electrons. The normalized spacial score (nSPS) is 9.92. The van der Waals surface area contributed by atoms with Crippen LogP contribution >= 0.6 is 12.4 Å². The molecule has 0 fully saturated rings. The molecule has 1 aromatic heterocycles. The molecule has 0 atom stereocenters. The van der Waals surface area contributed by atoms with Crippen LogP contribution in [0.5, 0.6) is 5.75 Å². The van der Waals surface area contributed by atoms with Gasteiger partial charge >= 0.3 is 5.97 Å². The van der Waals surface area contributed by atoms with Crippen molar-refractivity contribution in [3.63, 3.8) is 0 Å². The van der Waals surface area contributed by atoms with Crippen molar-refractivity contribution in [2.45, 2.75) is 26.3 Å². The zero-order chi connectivity index (χ0) is 16.7. The summed E-state index contributed by atoms with van der Waals surface area (Å²) in [5.74, 6) is 0.569. The lowest BCUT2D eigenvalue weighted by Crippen LogP contribution is -2.23. The molecule has 1 heterocycles. The fourth-order valence-corrected chi connectivity index (χ4v) is 2.15. The minimum atomic E-state index is -0.217. The highest BCUT2D eigenvalue weighted by atomic mass is 35.5. The van der Waals surface area contributed by atoms with Crippen LogP contribution in [-0.4, -0.2) is 29.5 Å². The molecule has 130 valence electrons. The lowest BCUT2D eigenvalue weighted by molar-refractivity contribution is -0.143. The molecule has 0 aliphatic rings. The molecule has 0 unspecified atom stereocenters. The topological polar surface area (TPSA) is 77.2 Å². The van der Waals surface area contributed by atoms with Gasteiger partial charge in [-0.15, -0.1) is 12.4 Å². The Hall–Kier alpha value is -2.34. The maximum absolute atomic E-state index is 11.4. The minimum Gasteiger partial charge on any atom is -0.497 e. The number of hydrogen-bond acceptors (Lipinski definition) is 5. The van der Waals surface area contributed by atoms with Crippen molar-refractivity contribution in [1.29, 1.82) is 5.41 Å². The molecule has 7 heteroatoms. The second-order valence-corrected chi connectivity index (χ2v) is 4.96. The van der Waals surface area contributed by atoms with E-state index in [4.69, 9.17) is 14.9 Å². The third kappa shape index (κ3) is 5.38. The number of carbonyl (C=O) groups excluding carboxylic acids is 1. The number of halogens is 1. The van der Waals surface area contributed by atoms with Crippen LogP contribution in [0.1, 0.15) is 19.8 Å². The minimum absolute atomic E-state index is 0. The fraction of sp³-hybridized carbons (Fsp3) is 0.353. The Morgan fingerprint density at radius 3 is 2.54 bits per heavy atom.